The van der Waals surface area contributed by atoms with Gasteiger partial charge in [-0.25, -0.2) is 4.79 Å². The molecular formula is C10H18O6. The van der Waals surface area contributed by atoms with Crippen LogP contribution in [0.2, 0.25) is 0 Å². The summed E-state index contributed by atoms with van der Waals surface area (Å²) in [5, 5.41) is 27.7. The lowest BCUT2D eigenvalue weighted by atomic mass is 10.0. The molecule has 0 aromatic heterocycles. The smallest absolute Gasteiger partial charge is 0.335 e. The molecule has 1 aliphatic heterocycles. The highest BCUT2D eigenvalue weighted by Crippen LogP contribution is 2.24. The van der Waals surface area contributed by atoms with Crippen LogP contribution in [0.1, 0.15) is 27.2 Å². The van der Waals surface area contributed by atoms with E-state index in [1.54, 1.807) is 20.8 Å². The fourth-order valence-electron chi connectivity index (χ4n) is 1.51. The lowest BCUT2D eigenvalue weighted by Crippen LogP contribution is -2.53. The van der Waals surface area contributed by atoms with Crippen molar-refractivity contribution >= 4 is 5.97 Å². The molecule has 1 saturated heterocycles. The van der Waals surface area contributed by atoms with Gasteiger partial charge in [0.15, 0.2) is 12.4 Å². The summed E-state index contributed by atoms with van der Waals surface area (Å²) in [5.74, 6) is -1.31. The van der Waals surface area contributed by atoms with Crippen LogP contribution in [-0.2, 0) is 14.3 Å². The van der Waals surface area contributed by atoms with E-state index < -0.39 is 36.2 Å². The molecule has 0 amide bonds. The van der Waals surface area contributed by atoms with E-state index in [2.05, 4.69) is 0 Å². The minimum atomic E-state index is -1.45. The molecule has 3 N–H and O–H groups in total. The molecule has 1 fully saturated rings. The number of aliphatic hydroxyl groups is 2. The number of hydrogen-bond donors (Lipinski definition) is 3. The maximum Gasteiger partial charge on any atom is 0.335 e. The SMILES string of the molecule is CC(C)(C)OC1CC(O)C(O)C(C(=O)O)O1. The van der Waals surface area contributed by atoms with Gasteiger partial charge in [-0.05, 0) is 20.8 Å². The number of carbonyl (C=O) groups is 1. The highest BCUT2D eigenvalue weighted by Gasteiger charge is 2.42. The number of rotatable bonds is 2. The van der Waals surface area contributed by atoms with Crippen molar-refractivity contribution in [1.29, 1.82) is 0 Å². The Hall–Kier alpha value is -0.690. The van der Waals surface area contributed by atoms with Gasteiger partial charge in [-0.3, -0.25) is 0 Å². The van der Waals surface area contributed by atoms with Crippen LogP contribution in [-0.4, -0.2) is 51.5 Å². The Morgan fingerprint density at radius 1 is 1.38 bits per heavy atom. The molecular weight excluding hydrogens is 216 g/mol. The van der Waals surface area contributed by atoms with Crippen LogP contribution in [0.15, 0.2) is 0 Å². The van der Waals surface area contributed by atoms with Crippen molar-refractivity contribution in [2.24, 2.45) is 0 Å². The highest BCUT2D eigenvalue weighted by atomic mass is 16.7. The Labute approximate surface area is 93.8 Å². The minimum absolute atomic E-state index is 0.0578. The molecule has 6 heteroatoms. The summed E-state index contributed by atoms with van der Waals surface area (Å²) in [6.07, 6.45) is -4.78. The molecule has 0 aromatic carbocycles. The average Bonchev–Trinajstić information content (AvgIpc) is 2.07. The second kappa shape index (κ2) is 4.67. The Balaban J connectivity index is 2.67. The Kier molecular flexibility index (Phi) is 3.90. The first-order valence-corrected chi connectivity index (χ1v) is 5.13. The van der Waals surface area contributed by atoms with E-state index in [0.717, 1.165) is 0 Å². The van der Waals surface area contributed by atoms with Crippen molar-refractivity contribution in [2.75, 3.05) is 0 Å². The number of carboxylic acid groups (broad SMARTS) is 1. The van der Waals surface area contributed by atoms with Crippen LogP contribution in [0.5, 0.6) is 0 Å². The van der Waals surface area contributed by atoms with Gasteiger partial charge < -0.3 is 24.8 Å². The summed E-state index contributed by atoms with van der Waals surface area (Å²) in [5.41, 5.74) is -0.504. The van der Waals surface area contributed by atoms with E-state index in [1.165, 1.54) is 0 Å². The standard InChI is InChI=1S/C10H18O6/c1-10(2,3)16-6-4-5(11)7(12)8(15-6)9(13)14/h5-8,11-12H,4H2,1-3H3,(H,13,14). The van der Waals surface area contributed by atoms with Crippen molar-refractivity contribution < 1.29 is 29.6 Å². The fourth-order valence-corrected chi connectivity index (χ4v) is 1.51. The van der Waals surface area contributed by atoms with E-state index in [1.807, 2.05) is 0 Å². The lowest BCUT2D eigenvalue weighted by molar-refractivity contribution is -0.274. The first-order chi connectivity index (χ1) is 7.20. The zero-order valence-electron chi connectivity index (χ0n) is 9.58. The first kappa shape index (κ1) is 13.4. The van der Waals surface area contributed by atoms with Gasteiger partial charge in [0.25, 0.3) is 0 Å². The third-order valence-corrected chi connectivity index (χ3v) is 2.17. The molecule has 4 unspecified atom stereocenters. The number of ether oxygens (including phenoxy) is 2. The third kappa shape index (κ3) is 3.41. The predicted molar refractivity (Wildman–Crippen MR) is 53.8 cm³/mol. The molecule has 0 bridgehead atoms. The second-order valence-corrected chi connectivity index (χ2v) is 4.85. The summed E-state index contributed by atoms with van der Waals surface area (Å²) in [4.78, 5) is 10.8. The van der Waals surface area contributed by atoms with E-state index >= 15 is 0 Å². The van der Waals surface area contributed by atoms with Gasteiger partial charge in [0.1, 0.15) is 6.10 Å². The number of aliphatic hydroxyl groups excluding tert-OH is 2. The monoisotopic (exact) mass is 234 g/mol. The van der Waals surface area contributed by atoms with E-state index in [9.17, 15) is 15.0 Å². The van der Waals surface area contributed by atoms with Crippen molar-refractivity contribution in [3.63, 3.8) is 0 Å². The van der Waals surface area contributed by atoms with Crippen LogP contribution in [0, 0.1) is 0 Å². The predicted octanol–water partition coefficient (Wildman–Crippen LogP) is -0.277. The van der Waals surface area contributed by atoms with Gasteiger partial charge in [0.05, 0.1) is 11.7 Å². The quantitative estimate of drug-likeness (QED) is 0.608. The molecule has 0 aliphatic carbocycles. The summed E-state index contributed by atoms with van der Waals surface area (Å²) in [6.45, 7) is 5.39. The molecule has 0 saturated carbocycles. The first-order valence-electron chi connectivity index (χ1n) is 5.13. The molecule has 94 valence electrons. The van der Waals surface area contributed by atoms with Crippen molar-refractivity contribution in [3.8, 4) is 0 Å². The van der Waals surface area contributed by atoms with Crippen molar-refractivity contribution in [3.05, 3.63) is 0 Å². The summed E-state index contributed by atoms with van der Waals surface area (Å²) >= 11 is 0. The number of hydrogen-bond acceptors (Lipinski definition) is 5. The molecule has 1 rings (SSSR count). The van der Waals surface area contributed by atoms with Crippen molar-refractivity contribution in [1.82, 2.24) is 0 Å². The normalized spacial score (nSPS) is 36.1. The van der Waals surface area contributed by atoms with Crippen LogP contribution in [0.4, 0.5) is 0 Å². The van der Waals surface area contributed by atoms with E-state index in [4.69, 9.17) is 14.6 Å². The zero-order valence-corrected chi connectivity index (χ0v) is 9.58. The third-order valence-electron chi connectivity index (χ3n) is 2.17. The largest absolute Gasteiger partial charge is 0.479 e. The molecule has 4 atom stereocenters. The van der Waals surface area contributed by atoms with Gasteiger partial charge in [-0.2, -0.15) is 0 Å². The van der Waals surface area contributed by atoms with Gasteiger partial charge in [0.2, 0.25) is 0 Å². The van der Waals surface area contributed by atoms with Crippen LogP contribution in [0.3, 0.4) is 0 Å². The average molecular weight is 234 g/mol. The van der Waals surface area contributed by atoms with Gasteiger partial charge in [-0.1, -0.05) is 0 Å². The van der Waals surface area contributed by atoms with E-state index in [-0.39, 0.29) is 6.42 Å². The molecule has 1 heterocycles. The zero-order chi connectivity index (χ0) is 12.5. The van der Waals surface area contributed by atoms with Crippen LogP contribution in [0.25, 0.3) is 0 Å². The van der Waals surface area contributed by atoms with Gasteiger partial charge in [-0.15, -0.1) is 0 Å². The molecule has 0 aromatic rings. The fraction of sp³-hybridized carbons (Fsp3) is 0.900. The van der Waals surface area contributed by atoms with Crippen LogP contribution >= 0.6 is 0 Å². The maximum atomic E-state index is 10.8. The van der Waals surface area contributed by atoms with E-state index in [0.29, 0.717) is 0 Å². The van der Waals surface area contributed by atoms with Crippen molar-refractivity contribution in [2.45, 2.75) is 57.4 Å². The molecule has 0 spiro atoms. The minimum Gasteiger partial charge on any atom is -0.479 e. The molecule has 1 aliphatic rings. The Morgan fingerprint density at radius 2 is 1.94 bits per heavy atom. The number of carboxylic acids is 1. The second-order valence-electron chi connectivity index (χ2n) is 4.85. The summed E-state index contributed by atoms with van der Waals surface area (Å²) in [7, 11) is 0. The lowest BCUT2D eigenvalue weighted by Gasteiger charge is -2.37. The maximum absolute atomic E-state index is 10.8. The summed E-state index contributed by atoms with van der Waals surface area (Å²) in [6, 6.07) is 0. The van der Waals surface area contributed by atoms with Crippen LogP contribution < -0.4 is 0 Å². The molecule has 6 nitrogen and oxygen atoms in total. The highest BCUT2D eigenvalue weighted by molar-refractivity contribution is 5.73. The van der Waals surface area contributed by atoms with Gasteiger partial charge in [0, 0.05) is 6.42 Å². The Bertz CT molecular complexity index is 259. The topological polar surface area (TPSA) is 96.2 Å². The Morgan fingerprint density at radius 3 is 2.38 bits per heavy atom. The molecule has 0 radical (unpaired) electrons. The molecule has 16 heavy (non-hydrogen) atoms. The van der Waals surface area contributed by atoms with Gasteiger partial charge >= 0.3 is 5.97 Å². The summed E-state index contributed by atoms with van der Waals surface area (Å²) < 4.78 is 10.5. The number of aliphatic carboxylic acids is 1.